The standard InChI is InChI=1S/C17H27NO2/c1-12-7-8-16(9-13(12)2)20-11-17(18)14-5-4-6-15(10-14)19-3/h4-6,10,12-13,16-17H,7-9,11,18H2,1-3H3. The molecule has 0 heterocycles. The summed E-state index contributed by atoms with van der Waals surface area (Å²) in [4.78, 5) is 0. The highest BCUT2D eigenvalue weighted by Crippen LogP contribution is 2.31. The first-order chi connectivity index (χ1) is 9.60. The first kappa shape index (κ1) is 15.3. The number of rotatable bonds is 5. The molecule has 3 heteroatoms. The fourth-order valence-corrected chi connectivity index (χ4v) is 2.86. The van der Waals surface area contributed by atoms with Crippen molar-refractivity contribution in [1.82, 2.24) is 0 Å². The third kappa shape index (κ3) is 3.97. The van der Waals surface area contributed by atoms with Gasteiger partial charge in [-0.05, 0) is 48.8 Å². The molecule has 1 fully saturated rings. The third-order valence-electron chi connectivity index (χ3n) is 4.58. The highest BCUT2D eigenvalue weighted by Gasteiger charge is 2.25. The SMILES string of the molecule is COc1cccc(C(N)COC2CCC(C)C(C)C2)c1. The van der Waals surface area contributed by atoms with Crippen LogP contribution in [0.3, 0.4) is 0 Å². The van der Waals surface area contributed by atoms with Gasteiger partial charge in [-0.3, -0.25) is 0 Å². The van der Waals surface area contributed by atoms with E-state index >= 15 is 0 Å². The molecule has 3 nitrogen and oxygen atoms in total. The number of benzene rings is 1. The normalized spacial score (nSPS) is 28.1. The van der Waals surface area contributed by atoms with Crippen LogP contribution in [0.5, 0.6) is 5.75 Å². The van der Waals surface area contributed by atoms with Crippen LogP contribution in [0.25, 0.3) is 0 Å². The Labute approximate surface area is 122 Å². The number of hydrogen-bond donors (Lipinski definition) is 1. The fraction of sp³-hybridized carbons (Fsp3) is 0.647. The van der Waals surface area contributed by atoms with Crippen molar-refractivity contribution < 1.29 is 9.47 Å². The average Bonchev–Trinajstić information content (AvgIpc) is 2.48. The van der Waals surface area contributed by atoms with Gasteiger partial charge in [-0.1, -0.05) is 26.0 Å². The molecule has 112 valence electrons. The minimum absolute atomic E-state index is 0.0836. The van der Waals surface area contributed by atoms with Crippen LogP contribution in [0, 0.1) is 11.8 Å². The summed E-state index contributed by atoms with van der Waals surface area (Å²) < 4.78 is 11.3. The molecule has 1 aromatic rings. The molecule has 1 aromatic carbocycles. The lowest BCUT2D eigenvalue weighted by molar-refractivity contribution is -0.00364. The molecule has 1 aliphatic carbocycles. The molecule has 4 atom stereocenters. The van der Waals surface area contributed by atoms with E-state index in [0.29, 0.717) is 12.7 Å². The third-order valence-corrected chi connectivity index (χ3v) is 4.58. The van der Waals surface area contributed by atoms with Crippen molar-refractivity contribution in [2.75, 3.05) is 13.7 Å². The van der Waals surface area contributed by atoms with Gasteiger partial charge in [0.25, 0.3) is 0 Å². The lowest BCUT2D eigenvalue weighted by Crippen LogP contribution is -2.29. The van der Waals surface area contributed by atoms with Crippen molar-refractivity contribution in [2.24, 2.45) is 17.6 Å². The molecule has 0 bridgehead atoms. The Morgan fingerprint density at radius 1 is 1.25 bits per heavy atom. The van der Waals surface area contributed by atoms with Crippen LogP contribution in [-0.4, -0.2) is 19.8 Å². The number of methoxy groups -OCH3 is 1. The van der Waals surface area contributed by atoms with E-state index in [1.54, 1.807) is 7.11 Å². The van der Waals surface area contributed by atoms with Crippen LogP contribution in [-0.2, 0) is 4.74 Å². The largest absolute Gasteiger partial charge is 0.497 e. The van der Waals surface area contributed by atoms with Gasteiger partial charge in [0.2, 0.25) is 0 Å². The first-order valence-corrected chi connectivity index (χ1v) is 7.61. The summed E-state index contributed by atoms with van der Waals surface area (Å²) in [6, 6.07) is 7.83. The maximum absolute atomic E-state index is 6.22. The fourth-order valence-electron chi connectivity index (χ4n) is 2.86. The maximum atomic E-state index is 6.22. The predicted molar refractivity (Wildman–Crippen MR) is 81.8 cm³/mol. The first-order valence-electron chi connectivity index (χ1n) is 7.61. The molecular weight excluding hydrogens is 250 g/mol. The van der Waals surface area contributed by atoms with Gasteiger partial charge in [-0.25, -0.2) is 0 Å². The van der Waals surface area contributed by atoms with E-state index in [0.717, 1.165) is 36.0 Å². The summed E-state index contributed by atoms with van der Waals surface area (Å²) in [5.41, 5.74) is 7.29. The van der Waals surface area contributed by atoms with Gasteiger partial charge in [0.1, 0.15) is 5.75 Å². The van der Waals surface area contributed by atoms with E-state index in [-0.39, 0.29) is 6.04 Å². The molecular formula is C17H27NO2. The zero-order valence-electron chi connectivity index (χ0n) is 12.8. The Kier molecular flexibility index (Phi) is 5.44. The molecule has 1 aliphatic rings. The minimum Gasteiger partial charge on any atom is -0.497 e. The molecule has 2 N–H and O–H groups in total. The monoisotopic (exact) mass is 277 g/mol. The van der Waals surface area contributed by atoms with Gasteiger partial charge in [-0.2, -0.15) is 0 Å². The Morgan fingerprint density at radius 3 is 2.75 bits per heavy atom. The van der Waals surface area contributed by atoms with Crippen LogP contribution in [0.4, 0.5) is 0 Å². The maximum Gasteiger partial charge on any atom is 0.119 e. The van der Waals surface area contributed by atoms with Gasteiger partial charge in [0.15, 0.2) is 0 Å². The lowest BCUT2D eigenvalue weighted by Gasteiger charge is -2.32. The van der Waals surface area contributed by atoms with Crippen molar-refractivity contribution >= 4 is 0 Å². The topological polar surface area (TPSA) is 44.5 Å². The smallest absolute Gasteiger partial charge is 0.119 e. The number of nitrogens with two attached hydrogens (primary N) is 1. The van der Waals surface area contributed by atoms with Gasteiger partial charge in [-0.15, -0.1) is 0 Å². The number of ether oxygens (including phenoxy) is 2. The molecule has 0 amide bonds. The van der Waals surface area contributed by atoms with Gasteiger partial charge < -0.3 is 15.2 Å². The Bertz CT molecular complexity index is 421. The Morgan fingerprint density at radius 2 is 2.05 bits per heavy atom. The van der Waals surface area contributed by atoms with Crippen molar-refractivity contribution in [3.8, 4) is 5.75 Å². The van der Waals surface area contributed by atoms with Gasteiger partial charge >= 0.3 is 0 Å². The summed E-state index contributed by atoms with van der Waals surface area (Å²) in [6.45, 7) is 5.24. The summed E-state index contributed by atoms with van der Waals surface area (Å²) in [5, 5.41) is 0. The Hall–Kier alpha value is -1.06. The number of hydrogen-bond acceptors (Lipinski definition) is 3. The van der Waals surface area contributed by atoms with Crippen LogP contribution in [0.15, 0.2) is 24.3 Å². The lowest BCUT2D eigenvalue weighted by atomic mass is 9.80. The zero-order chi connectivity index (χ0) is 14.5. The second-order valence-electron chi connectivity index (χ2n) is 6.11. The Balaban J connectivity index is 1.84. The molecule has 2 rings (SSSR count). The van der Waals surface area contributed by atoms with E-state index < -0.39 is 0 Å². The molecule has 20 heavy (non-hydrogen) atoms. The van der Waals surface area contributed by atoms with Crippen LogP contribution >= 0.6 is 0 Å². The van der Waals surface area contributed by atoms with E-state index in [1.807, 2.05) is 24.3 Å². The summed E-state index contributed by atoms with van der Waals surface area (Å²) in [6.07, 6.45) is 3.96. The molecule has 0 aromatic heterocycles. The van der Waals surface area contributed by atoms with Crippen LogP contribution in [0.2, 0.25) is 0 Å². The summed E-state index contributed by atoms with van der Waals surface area (Å²) >= 11 is 0. The van der Waals surface area contributed by atoms with E-state index in [2.05, 4.69) is 13.8 Å². The molecule has 0 radical (unpaired) electrons. The molecule has 0 spiro atoms. The average molecular weight is 277 g/mol. The highest BCUT2D eigenvalue weighted by atomic mass is 16.5. The summed E-state index contributed by atoms with van der Waals surface area (Å²) in [5.74, 6) is 2.42. The second kappa shape index (κ2) is 7.09. The van der Waals surface area contributed by atoms with Gasteiger partial charge in [0, 0.05) is 0 Å². The highest BCUT2D eigenvalue weighted by molar-refractivity contribution is 5.30. The molecule has 0 saturated heterocycles. The van der Waals surface area contributed by atoms with Crippen molar-refractivity contribution in [3.05, 3.63) is 29.8 Å². The van der Waals surface area contributed by atoms with Crippen molar-refractivity contribution in [1.29, 1.82) is 0 Å². The molecule has 1 saturated carbocycles. The van der Waals surface area contributed by atoms with Crippen LogP contribution in [0.1, 0.15) is 44.7 Å². The van der Waals surface area contributed by atoms with Crippen molar-refractivity contribution in [3.63, 3.8) is 0 Å². The zero-order valence-corrected chi connectivity index (χ0v) is 12.8. The van der Waals surface area contributed by atoms with E-state index in [1.165, 1.54) is 6.42 Å². The molecule has 0 aliphatic heterocycles. The second-order valence-corrected chi connectivity index (χ2v) is 6.11. The van der Waals surface area contributed by atoms with Gasteiger partial charge in [0.05, 0.1) is 25.9 Å². The van der Waals surface area contributed by atoms with E-state index in [9.17, 15) is 0 Å². The van der Waals surface area contributed by atoms with E-state index in [4.69, 9.17) is 15.2 Å². The quantitative estimate of drug-likeness (QED) is 0.895. The van der Waals surface area contributed by atoms with Crippen molar-refractivity contribution in [2.45, 2.75) is 45.3 Å². The predicted octanol–water partition coefficient (Wildman–Crippen LogP) is 3.54. The van der Waals surface area contributed by atoms with Crippen LogP contribution < -0.4 is 10.5 Å². The molecule has 4 unspecified atom stereocenters. The summed E-state index contributed by atoms with van der Waals surface area (Å²) in [7, 11) is 1.67. The minimum atomic E-state index is -0.0836.